The lowest BCUT2D eigenvalue weighted by Crippen LogP contribution is -1.91. The van der Waals surface area contributed by atoms with Crippen molar-refractivity contribution in [3.05, 3.63) is 315 Å². The monoisotopic (exact) mass is 1060 g/mol. The molecule has 17 aromatic rings. The van der Waals surface area contributed by atoms with Crippen molar-refractivity contribution < 1.29 is 15.4 Å². The van der Waals surface area contributed by atoms with Crippen LogP contribution in [0.5, 0.6) is 0 Å². The lowest BCUT2D eigenvalue weighted by Gasteiger charge is -2.19. The van der Waals surface area contributed by atoms with Crippen LogP contribution < -0.4 is 0 Å². The molecule has 0 bridgehead atoms. The van der Waals surface area contributed by atoms with Gasteiger partial charge < -0.3 is 4.42 Å². The lowest BCUT2D eigenvalue weighted by atomic mass is 9.84. The predicted molar refractivity (Wildman–Crippen MR) is 355 cm³/mol. The van der Waals surface area contributed by atoms with E-state index < -0.39 is 24.2 Å². The summed E-state index contributed by atoms with van der Waals surface area (Å²) in [6.07, 6.45) is 0. The zero-order valence-corrected chi connectivity index (χ0v) is 44.8. The van der Waals surface area contributed by atoms with Gasteiger partial charge >= 0.3 is 0 Å². The molecule has 0 N–H and O–H groups in total. The molecule has 0 fully saturated rings. The molecule has 0 saturated heterocycles. The van der Waals surface area contributed by atoms with Gasteiger partial charge in [-0.1, -0.05) is 297 Å². The van der Waals surface area contributed by atoms with E-state index in [1.54, 1.807) is 0 Å². The van der Waals surface area contributed by atoms with E-state index >= 15 is 0 Å². The number of furan rings is 1. The minimum absolute atomic E-state index is 0.208. The van der Waals surface area contributed by atoms with Gasteiger partial charge in [0.25, 0.3) is 0 Å². The van der Waals surface area contributed by atoms with Crippen molar-refractivity contribution in [3.63, 3.8) is 0 Å². The van der Waals surface area contributed by atoms with Crippen molar-refractivity contribution in [2.45, 2.75) is 0 Å². The van der Waals surface area contributed by atoms with Crippen LogP contribution in [-0.4, -0.2) is 0 Å². The third kappa shape index (κ3) is 8.16. The Morgan fingerprint density at radius 3 is 1.25 bits per heavy atom. The summed E-state index contributed by atoms with van der Waals surface area (Å²) in [5, 5.41) is 14.4. The largest absolute Gasteiger partial charge is 0.455 e. The molecule has 0 amide bonds. The van der Waals surface area contributed by atoms with Gasteiger partial charge in [0.05, 0.1) is 11.0 Å². The molecule has 0 spiro atoms. The average Bonchev–Trinajstić information content (AvgIpc) is 0.902. The summed E-state index contributed by atoms with van der Waals surface area (Å²) in [5.41, 5.74) is 13.1. The van der Waals surface area contributed by atoms with Gasteiger partial charge in [0.1, 0.15) is 11.2 Å². The normalized spacial score (nSPS) is 13.0. The Labute approximate surface area is 492 Å². The van der Waals surface area contributed by atoms with Crippen LogP contribution in [0.15, 0.2) is 320 Å². The number of hydrogen-bond acceptors (Lipinski definition) is 1. The first-order valence-electron chi connectivity index (χ1n) is 32.0. The highest BCUT2D eigenvalue weighted by Crippen LogP contribution is 2.49. The smallest absolute Gasteiger partial charge is 0.143 e. The van der Waals surface area contributed by atoms with E-state index in [2.05, 4.69) is 182 Å². The van der Waals surface area contributed by atoms with Gasteiger partial charge in [-0.05, 0) is 155 Å². The fourth-order valence-electron chi connectivity index (χ4n) is 12.8. The second-order valence-electron chi connectivity index (χ2n) is 21.1. The van der Waals surface area contributed by atoms with E-state index in [9.17, 15) is 5.48 Å². The van der Waals surface area contributed by atoms with Gasteiger partial charge in [0, 0.05) is 16.2 Å². The maximum Gasteiger partial charge on any atom is 0.143 e. The summed E-state index contributed by atoms with van der Waals surface area (Å²) in [5.74, 6) is 0. The predicted octanol–water partition coefficient (Wildman–Crippen LogP) is 23.3. The summed E-state index contributed by atoms with van der Waals surface area (Å²) >= 11 is 0. The van der Waals surface area contributed by atoms with E-state index in [-0.39, 0.29) is 45.7 Å². The molecule has 0 aliphatic heterocycles. The SMILES string of the molecule is [2H]c1c([2H])c([2H])c2c(-c3cccc4ccccc34)c3c([2H])c([2H])c([2H])c([2H])c3c(-c3ccc(-c4ccc5ccccc5c4)cc3)c2c1[2H].c1ccc(-c2ccc(-c3c4ccccc4c(-c4cccc5oc6c7ccccc7ccc6c45)c4ccccc34)cc2)cc1. The first kappa shape index (κ1) is 40.3. The van der Waals surface area contributed by atoms with E-state index in [0.29, 0.717) is 22.3 Å². The number of hydrogen-bond donors (Lipinski definition) is 0. The third-order valence-corrected chi connectivity index (χ3v) is 16.6. The molecule has 0 aliphatic carbocycles. The molecule has 1 heterocycles. The van der Waals surface area contributed by atoms with E-state index in [4.69, 9.17) is 9.90 Å². The van der Waals surface area contributed by atoms with Crippen LogP contribution in [0.3, 0.4) is 0 Å². The van der Waals surface area contributed by atoms with E-state index in [1.165, 1.54) is 65.7 Å². The number of fused-ring (bicyclic) bond motifs is 11. The molecule has 386 valence electrons. The molecule has 1 heteroatoms. The fourth-order valence-corrected chi connectivity index (χ4v) is 12.8. The number of benzene rings is 16. The number of rotatable bonds is 6. The van der Waals surface area contributed by atoms with Crippen LogP contribution in [0, 0.1) is 0 Å². The van der Waals surface area contributed by atoms with Crippen LogP contribution >= 0.6 is 0 Å². The maximum atomic E-state index is 9.21. The Kier molecular flexibility index (Phi) is 9.74. The molecule has 1 aromatic heterocycles. The van der Waals surface area contributed by atoms with Gasteiger partial charge in [0.2, 0.25) is 0 Å². The summed E-state index contributed by atoms with van der Waals surface area (Å²) in [6.45, 7) is 0. The first-order valence-corrected chi connectivity index (χ1v) is 28.0. The topological polar surface area (TPSA) is 13.1 Å². The van der Waals surface area contributed by atoms with Crippen molar-refractivity contribution in [1.29, 1.82) is 0 Å². The second kappa shape index (κ2) is 20.0. The van der Waals surface area contributed by atoms with Crippen molar-refractivity contribution in [2.24, 2.45) is 0 Å². The average molecular weight is 1060 g/mol. The van der Waals surface area contributed by atoms with Gasteiger partial charge in [-0.25, -0.2) is 0 Å². The molecule has 16 aromatic carbocycles. The minimum atomic E-state index is -0.411. The molecule has 0 atom stereocenters. The third-order valence-electron chi connectivity index (χ3n) is 16.6. The van der Waals surface area contributed by atoms with E-state index in [1.807, 2.05) is 84.9 Å². The molecule has 83 heavy (non-hydrogen) atoms. The first-order chi connectivity index (χ1) is 44.5. The fraction of sp³-hybridized carbons (Fsp3) is 0. The van der Waals surface area contributed by atoms with Gasteiger partial charge in [-0.15, -0.1) is 0 Å². The zero-order chi connectivity index (χ0) is 61.8. The Bertz CT molecular complexity index is 5710. The molecular weight excluding hydrogens is 1000 g/mol. The summed E-state index contributed by atoms with van der Waals surface area (Å²) in [4.78, 5) is 0. The molecule has 0 unspecified atom stereocenters. The van der Waals surface area contributed by atoms with Crippen molar-refractivity contribution in [3.8, 4) is 66.8 Å². The van der Waals surface area contributed by atoms with Crippen LogP contribution in [0.25, 0.3) is 164 Å². The molecule has 17 rings (SSSR count). The molecule has 1 nitrogen and oxygen atoms in total. The van der Waals surface area contributed by atoms with Gasteiger partial charge in [-0.2, -0.15) is 0 Å². The van der Waals surface area contributed by atoms with Crippen LogP contribution in [0.2, 0.25) is 0 Å². The Hall–Kier alpha value is -10.9. The minimum Gasteiger partial charge on any atom is -0.455 e. The summed E-state index contributed by atoms with van der Waals surface area (Å²) < 4.78 is 78.1. The molecular formula is C82H52O. The zero-order valence-electron chi connectivity index (χ0n) is 52.8. The van der Waals surface area contributed by atoms with Crippen LogP contribution in [0.1, 0.15) is 11.0 Å². The van der Waals surface area contributed by atoms with Gasteiger partial charge in [-0.3, -0.25) is 0 Å². The maximum absolute atomic E-state index is 9.21. The molecule has 0 aliphatic rings. The standard InChI is InChI=1S/C42H26O.C40H26/c1-2-11-27(12-3-1)28-21-23-30(24-22-28)39-32-15-6-8-17-34(32)40(35-18-9-7-16-33(35)39)36-19-10-20-38-41(36)37-26-25-29-13-4-5-14-31(29)42(37)43-38;1-2-12-31-26-32(25-22-27(31)10-1)28-20-23-30(24-21-28)39-35-15-5-7-17-37(35)40(38-18-8-6-16-36(38)39)34-19-9-13-29-11-3-4-14-33(29)34/h1-26H;1-26H/i;5D,6D,7D,8D,15D,16D,17D,18D. The van der Waals surface area contributed by atoms with Crippen LogP contribution in [-0.2, 0) is 0 Å². The summed E-state index contributed by atoms with van der Waals surface area (Å²) in [7, 11) is 0. The van der Waals surface area contributed by atoms with E-state index in [0.717, 1.165) is 54.6 Å². The highest BCUT2D eigenvalue weighted by Gasteiger charge is 2.22. The van der Waals surface area contributed by atoms with Gasteiger partial charge in [0.15, 0.2) is 0 Å². The molecule has 0 saturated carbocycles. The summed E-state index contributed by atoms with van der Waals surface area (Å²) in [6, 6.07) is 89.2. The Morgan fingerprint density at radius 2 is 0.627 bits per heavy atom. The quantitative estimate of drug-likeness (QED) is 0.151. The van der Waals surface area contributed by atoms with Crippen LogP contribution in [0.4, 0.5) is 0 Å². The van der Waals surface area contributed by atoms with Crippen molar-refractivity contribution in [2.75, 3.05) is 0 Å². The Morgan fingerprint density at radius 1 is 0.229 bits per heavy atom. The highest BCUT2D eigenvalue weighted by atomic mass is 16.3. The van der Waals surface area contributed by atoms with Crippen molar-refractivity contribution in [1.82, 2.24) is 0 Å². The Balaban J connectivity index is 0.000000146. The molecule has 0 radical (unpaired) electrons. The van der Waals surface area contributed by atoms with Crippen molar-refractivity contribution >= 4 is 97.3 Å². The lowest BCUT2D eigenvalue weighted by molar-refractivity contribution is 0.673. The highest BCUT2D eigenvalue weighted by molar-refractivity contribution is 6.28. The second-order valence-corrected chi connectivity index (χ2v) is 21.1.